The van der Waals surface area contributed by atoms with Crippen molar-refractivity contribution in [3.63, 3.8) is 0 Å². The van der Waals surface area contributed by atoms with Crippen LogP contribution in [0.4, 0.5) is 20.2 Å². The molecule has 0 radical (unpaired) electrons. The molecule has 0 unspecified atom stereocenters. The highest BCUT2D eigenvalue weighted by molar-refractivity contribution is 7.80. The van der Waals surface area contributed by atoms with Gasteiger partial charge in [0.05, 0.1) is 21.3 Å². The van der Waals surface area contributed by atoms with Crippen molar-refractivity contribution >= 4 is 51.8 Å². The Labute approximate surface area is 129 Å². The smallest absolute Gasteiger partial charge is 0.160 e. The fourth-order valence-corrected chi connectivity index (χ4v) is 2.36. The molecule has 0 aliphatic rings. The first-order chi connectivity index (χ1) is 9.40. The number of anilines is 2. The van der Waals surface area contributed by atoms with E-state index in [2.05, 4.69) is 5.32 Å². The number of halogens is 4. The topological polar surface area (TPSA) is 38.0 Å². The van der Waals surface area contributed by atoms with Crippen LogP contribution in [0.15, 0.2) is 30.3 Å². The van der Waals surface area contributed by atoms with Crippen LogP contribution in [0.1, 0.15) is 5.56 Å². The molecule has 20 heavy (non-hydrogen) atoms. The molecular weight excluding hydrogens is 325 g/mol. The summed E-state index contributed by atoms with van der Waals surface area (Å²) in [6, 6.07) is 6.98. The Kier molecular flexibility index (Phi) is 4.42. The lowest BCUT2D eigenvalue weighted by Crippen LogP contribution is -2.14. The van der Waals surface area contributed by atoms with E-state index < -0.39 is 11.6 Å². The third kappa shape index (κ3) is 3.00. The van der Waals surface area contributed by atoms with E-state index in [9.17, 15) is 8.78 Å². The Morgan fingerprint density at radius 2 is 1.75 bits per heavy atom. The van der Waals surface area contributed by atoms with E-state index in [-0.39, 0.29) is 20.6 Å². The van der Waals surface area contributed by atoms with Gasteiger partial charge in [-0.1, -0.05) is 41.5 Å². The van der Waals surface area contributed by atoms with Crippen LogP contribution < -0.4 is 11.1 Å². The summed E-state index contributed by atoms with van der Waals surface area (Å²) in [6.07, 6.45) is 0. The average Bonchev–Trinajstić information content (AvgIpc) is 2.35. The maximum absolute atomic E-state index is 13.7. The Hall–Kier alpha value is -1.43. The van der Waals surface area contributed by atoms with Crippen molar-refractivity contribution in [2.45, 2.75) is 0 Å². The molecule has 0 aliphatic heterocycles. The molecule has 0 atom stereocenters. The van der Waals surface area contributed by atoms with Gasteiger partial charge in [-0.25, -0.2) is 8.78 Å². The standard InChI is InChI=1S/C13H8Cl2F2N2S/c14-7-4-6(5-8(15)12(7)17)19-10-3-1-2-9(16)11(10)13(18)20/h1-5,19H,(H2,18,20). The lowest BCUT2D eigenvalue weighted by atomic mass is 10.1. The third-order valence-electron chi connectivity index (χ3n) is 2.52. The van der Waals surface area contributed by atoms with Crippen LogP contribution in [-0.4, -0.2) is 4.99 Å². The van der Waals surface area contributed by atoms with Gasteiger partial charge in [-0.15, -0.1) is 0 Å². The second-order valence-electron chi connectivity index (χ2n) is 3.91. The molecule has 2 rings (SSSR count). The predicted octanol–water partition coefficient (Wildman–Crippen LogP) is 4.65. The maximum Gasteiger partial charge on any atom is 0.160 e. The summed E-state index contributed by atoms with van der Waals surface area (Å²) in [4.78, 5) is -0.0927. The zero-order valence-electron chi connectivity index (χ0n) is 9.88. The molecule has 2 aromatic carbocycles. The molecule has 2 nitrogen and oxygen atoms in total. The van der Waals surface area contributed by atoms with Crippen molar-refractivity contribution < 1.29 is 8.78 Å². The first kappa shape index (κ1) is 15.0. The average molecular weight is 333 g/mol. The van der Waals surface area contributed by atoms with Crippen molar-refractivity contribution in [2.24, 2.45) is 5.73 Å². The molecular formula is C13H8Cl2F2N2S. The molecule has 0 bridgehead atoms. The van der Waals surface area contributed by atoms with Crippen LogP contribution in [0.2, 0.25) is 10.0 Å². The minimum absolute atomic E-state index is 0.0686. The Morgan fingerprint density at radius 1 is 1.15 bits per heavy atom. The number of hydrogen-bond donors (Lipinski definition) is 2. The van der Waals surface area contributed by atoms with E-state index in [1.54, 1.807) is 6.07 Å². The van der Waals surface area contributed by atoms with Crippen molar-refractivity contribution in [1.82, 2.24) is 0 Å². The highest BCUT2D eigenvalue weighted by atomic mass is 35.5. The van der Waals surface area contributed by atoms with E-state index in [0.717, 1.165) is 0 Å². The molecule has 0 saturated carbocycles. The Balaban J connectivity index is 2.45. The zero-order chi connectivity index (χ0) is 14.9. The second-order valence-corrected chi connectivity index (χ2v) is 5.16. The fourth-order valence-electron chi connectivity index (χ4n) is 1.66. The number of nitrogens with two attached hydrogens (primary N) is 1. The van der Waals surface area contributed by atoms with Crippen LogP contribution in [-0.2, 0) is 0 Å². The number of hydrogen-bond acceptors (Lipinski definition) is 2. The van der Waals surface area contributed by atoms with E-state index in [0.29, 0.717) is 11.4 Å². The van der Waals surface area contributed by atoms with Crippen molar-refractivity contribution in [1.29, 1.82) is 0 Å². The van der Waals surface area contributed by atoms with Gasteiger partial charge in [0.25, 0.3) is 0 Å². The highest BCUT2D eigenvalue weighted by Crippen LogP contribution is 2.30. The molecule has 0 heterocycles. The quantitative estimate of drug-likeness (QED) is 0.634. The summed E-state index contributed by atoms with van der Waals surface area (Å²) < 4.78 is 27.0. The van der Waals surface area contributed by atoms with Gasteiger partial charge >= 0.3 is 0 Å². The molecule has 0 saturated heterocycles. The largest absolute Gasteiger partial charge is 0.389 e. The van der Waals surface area contributed by atoms with Crippen molar-refractivity contribution in [3.8, 4) is 0 Å². The Bertz CT molecular complexity index is 669. The fraction of sp³-hybridized carbons (Fsp3) is 0. The van der Waals surface area contributed by atoms with Crippen LogP contribution in [0.3, 0.4) is 0 Å². The van der Waals surface area contributed by atoms with Crippen molar-refractivity contribution in [3.05, 3.63) is 57.6 Å². The maximum atomic E-state index is 13.7. The summed E-state index contributed by atoms with van der Waals surface area (Å²) in [7, 11) is 0. The summed E-state index contributed by atoms with van der Waals surface area (Å²) in [5.74, 6) is -1.27. The molecule has 0 aliphatic carbocycles. The zero-order valence-corrected chi connectivity index (χ0v) is 12.2. The minimum Gasteiger partial charge on any atom is -0.389 e. The van der Waals surface area contributed by atoms with Gasteiger partial charge < -0.3 is 11.1 Å². The monoisotopic (exact) mass is 332 g/mol. The van der Waals surface area contributed by atoms with Crippen molar-refractivity contribution in [2.75, 3.05) is 5.32 Å². The number of thiocarbonyl (C=S) groups is 1. The summed E-state index contributed by atoms with van der Waals surface area (Å²) >= 11 is 16.2. The molecule has 0 fully saturated rings. The normalized spacial score (nSPS) is 10.4. The number of nitrogens with one attached hydrogen (secondary N) is 1. The molecule has 3 N–H and O–H groups in total. The third-order valence-corrected chi connectivity index (χ3v) is 3.28. The van der Waals surface area contributed by atoms with E-state index >= 15 is 0 Å². The second kappa shape index (κ2) is 5.91. The molecule has 104 valence electrons. The van der Waals surface area contributed by atoms with Gasteiger partial charge in [0, 0.05) is 5.69 Å². The van der Waals surface area contributed by atoms with Gasteiger partial charge in [-0.05, 0) is 24.3 Å². The molecule has 0 aromatic heterocycles. The Morgan fingerprint density at radius 3 is 2.30 bits per heavy atom. The summed E-state index contributed by atoms with van der Waals surface area (Å²) in [5.41, 5.74) is 6.30. The molecule has 0 amide bonds. The highest BCUT2D eigenvalue weighted by Gasteiger charge is 2.13. The van der Waals surface area contributed by atoms with Gasteiger partial charge in [0.15, 0.2) is 5.82 Å². The van der Waals surface area contributed by atoms with Crippen LogP contribution in [0.25, 0.3) is 0 Å². The predicted molar refractivity (Wildman–Crippen MR) is 82.0 cm³/mol. The van der Waals surface area contributed by atoms with E-state index in [4.69, 9.17) is 41.2 Å². The lowest BCUT2D eigenvalue weighted by Gasteiger charge is -2.13. The van der Waals surface area contributed by atoms with E-state index in [1.807, 2.05) is 0 Å². The molecule has 2 aromatic rings. The molecule has 7 heteroatoms. The van der Waals surface area contributed by atoms with Gasteiger partial charge in [-0.2, -0.15) is 0 Å². The number of rotatable bonds is 3. The SMILES string of the molecule is NC(=S)c1c(F)cccc1Nc1cc(Cl)c(F)c(Cl)c1. The number of benzene rings is 2. The van der Waals surface area contributed by atoms with Gasteiger partial charge in [-0.3, -0.25) is 0 Å². The van der Waals surface area contributed by atoms with Gasteiger partial charge in [0.1, 0.15) is 10.8 Å². The summed E-state index contributed by atoms with van der Waals surface area (Å²) in [5, 5.41) is 2.57. The van der Waals surface area contributed by atoms with E-state index in [1.165, 1.54) is 24.3 Å². The van der Waals surface area contributed by atoms with Crippen LogP contribution >= 0.6 is 35.4 Å². The molecule has 0 spiro atoms. The van der Waals surface area contributed by atoms with Crippen LogP contribution in [0.5, 0.6) is 0 Å². The van der Waals surface area contributed by atoms with Gasteiger partial charge in [0.2, 0.25) is 0 Å². The minimum atomic E-state index is -0.715. The van der Waals surface area contributed by atoms with Crippen LogP contribution in [0, 0.1) is 11.6 Å². The first-order valence-corrected chi connectivity index (χ1v) is 6.56. The first-order valence-electron chi connectivity index (χ1n) is 5.40. The lowest BCUT2D eigenvalue weighted by molar-refractivity contribution is 0.626. The summed E-state index contributed by atoms with van der Waals surface area (Å²) in [6.45, 7) is 0.